The van der Waals surface area contributed by atoms with Crippen molar-refractivity contribution in [3.63, 3.8) is 0 Å². The van der Waals surface area contributed by atoms with Gasteiger partial charge in [0.2, 0.25) is 0 Å². The summed E-state index contributed by atoms with van der Waals surface area (Å²) in [7, 11) is 0. The van der Waals surface area contributed by atoms with E-state index in [0.29, 0.717) is 24.7 Å². The second-order valence-electron chi connectivity index (χ2n) is 8.48. The van der Waals surface area contributed by atoms with Crippen LogP contribution in [0.5, 0.6) is 0 Å². The molecule has 0 amide bonds. The Morgan fingerprint density at radius 3 is 2.74 bits per heavy atom. The van der Waals surface area contributed by atoms with E-state index < -0.39 is 0 Å². The Bertz CT molecular complexity index is 1220. The van der Waals surface area contributed by atoms with Gasteiger partial charge in [-0.1, -0.05) is 43.6 Å². The van der Waals surface area contributed by atoms with Crippen LogP contribution in [0.4, 0.5) is 10.2 Å². The number of anilines is 1. The molecular weight excluding hydrogens is 413 g/mol. The first-order valence-electron chi connectivity index (χ1n) is 10.1. The zero-order valence-corrected chi connectivity index (χ0v) is 18.3. The molecule has 0 bridgehead atoms. The number of hydrogen-bond donors (Lipinski definition) is 2. The molecule has 3 N–H and O–H groups in total. The number of imidazole rings is 1. The van der Waals surface area contributed by atoms with Crippen molar-refractivity contribution in [3.05, 3.63) is 77.5 Å². The Labute approximate surface area is 186 Å². The lowest BCUT2D eigenvalue weighted by Gasteiger charge is -2.23. The van der Waals surface area contributed by atoms with Crippen LogP contribution >= 0.6 is 11.6 Å². The van der Waals surface area contributed by atoms with Crippen molar-refractivity contribution in [1.29, 1.82) is 0 Å². The normalized spacial score (nSPS) is 11.8. The maximum absolute atomic E-state index is 13.6. The van der Waals surface area contributed by atoms with Gasteiger partial charge in [-0.25, -0.2) is 14.4 Å². The molecular formula is C24H25ClFN5. The second-order valence-corrected chi connectivity index (χ2v) is 8.88. The molecule has 0 spiro atoms. The van der Waals surface area contributed by atoms with E-state index in [1.165, 1.54) is 12.1 Å². The fourth-order valence-electron chi connectivity index (χ4n) is 3.34. The van der Waals surface area contributed by atoms with Crippen LogP contribution < -0.4 is 11.1 Å². The molecule has 2 aromatic heterocycles. The van der Waals surface area contributed by atoms with Gasteiger partial charge in [0.1, 0.15) is 11.6 Å². The number of aromatic nitrogens is 3. The number of hydrogen-bond acceptors (Lipinski definition) is 4. The second kappa shape index (κ2) is 8.65. The lowest BCUT2D eigenvalue weighted by molar-refractivity contribution is 0.405. The zero-order chi connectivity index (χ0) is 22.0. The molecule has 0 aliphatic heterocycles. The van der Waals surface area contributed by atoms with E-state index in [4.69, 9.17) is 17.3 Å². The van der Waals surface area contributed by atoms with Crippen LogP contribution in [-0.2, 0) is 6.54 Å². The van der Waals surface area contributed by atoms with Gasteiger partial charge < -0.3 is 15.6 Å². The largest absolute Gasteiger partial charge is 0.369 e. The molecule has 0 radical (unpaired) electrons. The molecule has 4 rings (SSSR count). The number of halogens is 2. The Kier molecular flexibility index (Phi) is 5.94. The van der Waals surface area contributed by atoms with Crippen molar-refractivity contribution in [2.24, 2.45) is 11.1 Å². The van der Waals surface area contributed by atoms with Crippen molar-refractivity contribution in [2.45, 2.75) is 20.4 Å². The van der Waals surface area contributed by atoms with Crippen LogP contribution in [0.1, 0.15) is 19.4 Å². The molecule has 0 saturated carbocycles. The van der Waals surface area contributed by atoms with Crippen LogP contribution in [0.3, 0.4) is 0 Å². The van der Waals surface area contributed by atoms with Gasteiger partial charge in [-0.15, -0.1) is 0 Å². The average molecular weight is 438 g/mol. The summed E-state index contributed by atoms with van der Waals surface area (Å²) in [5, 5.41) is 3.92. The van der Waals surface area contributed by atoms with Gasteiger partial charge >= 0.3 is 0 Å². The smallest absolute Gasteiger partial charge is 0.126 e. The molecule has 2 aromatic carbocycles. The SMILES string of the molecule is CC(C)(CN)CNc1cc(-c2ccc3ncn(Cc4cccc(F)c4)c3c2)c(Cl)cn1. The van der Waals surface area contributed by atoms with E-state index in [0.717, 1.165) is 33.5 Å². The molecule has 0 unspecified atom stereocenters. The van der Waals surface area contributed by atoms with Crippen molar-refractivity contribution in [2.75, 3.05) is 18.4 Å². The van der Waals surface area contributed by atoms with Crippen LogP contribution in [0.25, 0.3) is 22.2 Å². The minimum absolute atomic E-state index is 0.0379. The van der Waals surface area contributed by atoms with Crippen LogP contribution in [0.15, 0.2) is 61.1 Å². The minimum atomic E-state index is -0.246. The van der Waals surface area contributed by atoms with Crippen molar-refractivity contribution in [3.8, 4) is 11.1 Å². The van der Waals surface area contributed by atoms with Gasteiger partial charge in [-0.3, -0.25) is 0 Å². The summed E-state index contributed by atoms with van der Waals surface area (Å²) < 4.78 is 15.6. The average Bonchev–Trinajstić information content (AvgIpc) is 3.15. The first kappa shape index (κ1) is 21.3. The van der Waals surface area contributed by atoms with Gasteiger partial charge in [0.15, 0.2) is 0 Å². The van der Waals surface area contributed by atoms with Crippen molar-refractivity contribution in [1.82, 2.24) is 14.5 Å². The molecule has 7 heteroatoms. The van der Waals surface area contributed by atoms with Crippen molar-refractivity contribution < 1.29 is 4.39 Å². The Morgan fingerprint density at radius 1 is 1.13 bits per heavy atom. The molecule has 4 aromatic rings. The van der Waals surface area contributed by atoms with Gasteiger partial charge in [-0.2, -0.15) is 0 Å². The predicted octanol–water partition coefficient (Wildman–Crippen LogP) is 5.34. The standard InChI is InChI=1S/C24H25ClFN5/c1-24(2,13-27)14-29-23-10-19(20(25)11-28-23)17-6-7-21-22(9-17)31(15-30-21)12-16-4-3-5-18(26)8-16/h3-11,15H,12-14,27H2,1-2H3,(H,28,29). The lowest BCUT2D eigenvalue weighted by Crippen LogP contribution is -2.31. The van der Waals surface area contributed by atoms with Crippen LogP contribution in [0.2, 0.25) is 5.02 Å². The third-order valence-corrected chi connectivity index (χ3v) is 5.63. The summed E-state index contributed by atoms with van der Waals surface area (Å²) in [6, 6.07) is 14.6. The maximum Gasteiger partial charge on any atom is 0.126 e. The van der Waals surface area contributed by atoms with Gasteiger partial charge in [0, 0.05) is 24.8 Å². The van der Waals surface area contributed by atoms with E-state index in [1.807, 2.05) is 28.8 Å². The number of nitrogens with zero attached hydrogens (tertiary/aromatic N) is 3. The number of nitrogens with two attached hydrogens (primary N) is 1. The molecule has 2 heterocycles. The van der Waals surface area contributed by atoms with E-state index in [2.05, 4.69) is 35.2 Å². The monoisotopic (exact) mass is 437 g/mol. The van der Waals surface area contributed by atoms with Crippen LogP contribution in [0, 0.1) is 11.2 Å². The number of fused-ring (bicyclic) bond motifs is 1. The van der Waals surface area contributed by atoms with E-state index in [-0.39, 0.29) is 11.2 Å². The number of rotatable bonds is 7. The van der Waals surface area contributed by atoms with Gasteiger partial charge in [-0.05, 0) is 53.4 Å². The fraction of sp³-hybridized carbons (Fsp3) is 0.250. The highest BCUT2D eigenvalue weighted by atomic mass is 35.5. The number of pyridine rings is 1. The third-order valence-electron chi connectivity index (χ3n) is 5.33. The highest BCUT2D eigenvalue weighted by Gasteiger charge is 2.16. The minimum Gasteiger partial charge on any atom is -0.369 e. The zero-order valence-electron chi connectivity index (χ0n) is 17.6. The molecule has 0 atom stereocenters. The highest BCUT2D eigenvalue weighted by Crippen LogP contribution is 2.32. The predicted molar refractivity (Wildman–Crippen MR) is 125 cm³/mol. The molecule has 0 saturated heterocycles. The summed E-state index contributed by atoms with van der Waals surface area (Å²) in [5.41, 5.74) is 10.3. The number of nitrogens with one attached hydrogen (secondary N) is 1. The van der Waals surface area contributed by atoms with Gasteiger partial charge in [0.05, 0.1) is 22.4 Å². The molecule has 31 heavy (non-hydrogen) atoms. The Balaban J connectivity index is 1.66. The van der Waals surface area contributed by atoms with E-state index in [1.54, 1.807) is 18.6 Å². The quantitative estimate of drug-likeness (QED) is 0.409. The Hall–Kier alpha value is -2.96. The van der Waals surface area contributed by atoms with Crippen molar-refractivity contribution >= 4 is 28.5 Å². The fourth-order valence-corrected chi connectivity index (χ4v) is 3.55. The summed E-state index contributed by atoms with van der Waals surface area (Å²) in [5.74, 6) is 0.498. The summed E-state index contributed by atoms with van der Waals surface area (Å²) in [4.78, 5) is 8.88. The first-order valence-corrected chi connectivity index (χ1v) is 10.5. The molecule has 160 valence electrons. The Morgan fingerprint density at radius 2 is 1.97 bits per heavy atom. The highest BCUT2D eigenvalue weighted by molar-refractivity contribution is 6.33. The van der Waals surface area contributed by atoms with Gasteiger partial charge in [0.25, 0.3) is 0 Å². The molecule has 5 nitrogen and oxygen atoms in total. The lowest BCUT2D eigenvalue weighted by atomic mass is 9.94. The summed E-state index contributed by atoms with van der Waals surface area (Å²) in [6.45, 7) is 6.02. The topological polar surface area (TPSA) is 68.8 Å². The molecule has 0 aliphatic carbocycles. The summed E-state index contributed by atoms with van der Waals surface area (Å²) >= 11 is 6.49. The third kappa shape index (κ3) is 4.86. The molecule has 0 fully saturated rings. The first-order chi connectivity index (χ1) is 14.8. The maximum atomic E-state index is 13.6. The van der Waals surface area contributed by atoms with E-state index in [9.17, 15) is 4.39 Å². The summed E-state index contributed by atoms with van der Waals surface area (Å²) in [6.07, 6.45) is 3.43. The number of benzene rings is 2. The van der Waals surface area contributed by atoms with Crippen LogP contribution in [-0.4, -0.2) is 27.6 Å². The molecule has 0 aliphatic rings. The van der Waals surface area contributed by atoms with E-state index >= 15 is 0 Å².